The molecule has 4 radical (unpaired) electrons. The quantitative estimate of drug-likeness (QED) is 0.0574. The minimum absolute atomic E-state index is 0. The molecule has 2 unspecified atom stereocenters. The zero-order valence-electron chi connectivity index (χ0n) is 21.1. The van der Waals surface area contributed by atoms with Gasteiger partial charge in [0.05, 0.1) is 22.1 Å². The molecule has 4 rings (SSSR count). The second-order valence-electron chi connectivity index (χ2n) is 5.35. The first-order valence-corrected chi connectivity index (χ1v) is 13.3. The molecule has 0 saturated carbocycles. The molecule has 12 N–H and O–H groups in total. The average molecular weight is 560 g/mol. The van der Waals surface area contributed by atoms with Crippen LogP contribution in [-0.4, -0.2) is 54.1 Å². The van der Waals surface area contributed by atoms with Crippen molar-refractivity contribution in [3.63, 3.8) is 0 Å². The molecule has 196 valence electrons. The van der Waals surface area contributed by atoms with Crippen molar-refractivity contribution in [2.24, 2.45) is 11.0 Å². The highest BCUT2D eigenvalue weighted by Crippen LogP contribution is 2.17. The van der Waals surface area contributed by atoms with Crippen molar-refractivity contribution in [1.82, 2.24) is 19.9 Å². The summed E-state index contributed by atoms with van der Waals surface area (Å²) in [4.78, 5) is 13.3. The Labute approximate surface area is 228 Å². The molecule has 0 fully saturated rings. The van der Waals surface area contributed by atoms with E-state index in [0.29, 0.717) is 27.1 Å². The molecule has 2 aromatic carbocycles. The lowest BCUT2D eigenvalue weighted by atomic mass is 9.94. The summed E-state index contributed by atoms with van der Waals surface area (Å²) >= 11 is 6.46. The zero-order valence-corrected chi connectivity index (χ0v) is 25.1. The molecule has 2 aromatic heterocycles. The topological polar surface area (TPSA) is 185 Å². The fraction of sp³-hybridized carbons (Fsp3) is 0.300. The fourth-order valence-corrected chi connectivity index (χ4v) is 2.90. The van der Waals surface area contributed by atoms with E-state index in [0.717, 1.165) is 34.3 Å². The highest BCUT2D eigenvalue weighted by Gasteiger charge is 2.03. The molecule has 15 heteroatoms. The van der Waals surface area contributed by atoms with Crippen molar-refractivity contribution >= 4 is 103 Å². The van der Waals surface area contributed by atoms with E-state index in [-0.39, 0.29) is 2.85 Å². The van der Waals surface area contributed by atoms with E-state index < -0.39 is 0 Å². The molecular weight excluding hydrogens is 516 g/mol. The number of imidazole rings is 2. The minimum Gasteiger partial charge on any atom is -0.400 e. The van der Waals surface area contributed by atoms with Crippen LogP contribution in [0.5, 0.6) is 0 Å². The number of anilines is 2. The number of thioether (sulfide) groups is 1. The third kappa shape index (κ3) is 12.8. The normalized spacial score (nSPS) is 8.54. The number of nitrogens with two attached hydrogens (primary N) is 4. The van der Waals surface area contributed by atoms with E-state index in [2.05, 4.69) is 30.9 Å². The zero-order chi connectivity index (χ0) is 28.1. The molecule has 0 aliphatic carbocycles. The van der Waals surface area contributed by atoms with Crippen molar-refractivity contribution < 1.29 is 7.96 Å². The van der Waals surface area contributed by atoms with Crippen LogP contribution in [0.15, 0.2) is 29.4 Å². The summed E-state index contributed by atoms with van der Waals surface area (Å²) in [7, 11) is 16.1. The van der Waals surface area contributed by atoms with Gasteiger partial charge in [0.1, 0.15) is 15.7 Å². The number of H-pyrrole nitrogens is 3. The number of fused-ring (bicyclic) bond motifs is 2. The molecule has 0 saturated heterocycles. The maximum atomic E-state index is 7.00. The van der Waals surface area contributed by atoms with Gasteiger partial charge in [0.2, 0.25) is 0 Å². The Bertz CT molecular complexity index is 1070. The first kappa shape index (κ1) is 38.0. The van der Waals surface area contributed by atoms with Crippen LogP contribution in [-0.2, 0) is 0 Å². The maximum Gasteiger partial charge on any atom is 0.175 e. The summed E-state index contributed by atoms with van der Waals surface area (Å²) in [5.74, 6) is 0. The minimum atomic E-state index is 0. The van der Waals surface area contributed by atoms with Gasteiger partial charge in [0, 0.05) is 21.3 Å². The van der Waals surface area contributed by atoms with Crippen LogP contribution >= 0.6 is 42.8 Å². The Balaban J connectivity index is -0.000000133. The highest BCUT2D eigenvalue weighted by atomic mass is 32.2. The standard InChI is InChI=1S/C8H8BN3S.C7H6BN3S.2C2H6.CH4O.2H4NP.2H2/c1-13-8-11-6-2-4(9)5(10)3-7(6)12-8;8-3-1-5-6(2-4(3)9)11-7(12)10-5;5*1-2;;/h2-3H,10H2,1H3,(H,11,12);1-2H,9H2,(H2,10,11,12);2*1-2H3;2H,1H3;2*1-2H2;2*1H/i;;;;;;;2*1+1. The van der Waals surface area contributed by atoms with Crippen molar-refractivity contribution in [3.05, 3.63) is 29.0 Å². The van der Waals surface area contributed by atoms with Gasteiger partial charge >= 0.3 is 0 Å². The van der Waals surface area contributed by atoms with Crippen LogP contribution < -0.4 is 33.4 Å². The Morgan fingerprint density at radius 3 is 1.69 bits per heavy atom. The van der Waals surface area contributed by atoms with Gasteiger partial charge in [-0.25, -0.2) is 4.98 Å². The third-order valence-electron chi connectivity index (χ3n) is 3.58. The first-order valence-electron chi connectivity index (χ1n) is 10.3. The van der Waals surface area contributed by atoms with Gasteiger partial charge in [-0.3, -0.25) is 0 Å². The van der Waals surface area contributed by atoms with E-state index in [1.165, 1.54) is 0 Å². The number of nitrogens with one attached hydrogen (secondary N) is 3. The van der Waals surface area contributed by atoms with Gasteiger partial charge in [0.15, 0.2) is 9.93 Å². The third-order valence-corrected chi connectivity index (χ3v) is 4.36. The lowest BCUT2D eigenvalue weighted by Gasteiger charge is -1.98. The predicted molar refractivity (Wildman–Crippen MR) is 174 cm³/mol. The first-order chi connectivity index (χ1) is 16.9. The van der Waals surface area contributed by atoms with Crippen LogP contribution in [0.3, 0.4) is 0 Å². The Morgan fingerprint density at radius 1 is 0.829 bits per heavy atom. The summed E-state index contributed by atoms with van der Waals surface area (Å²) in [6.07, 6.45) is 1.96. The Kier molecular flexibility index (Phi) is 24.8. The number of benzene rings is 2. The molecule has 0 bridgehead atoms. The van der Waals surface area contributed by atoms with Crippen LogP contribution in [0.25, 0.3) is 22.1 Å². The maximum absolute atomic E-state index is 7.00. The van der Waals surface area contributed by atoms with E-state index in [9.17, 15) is 0 Å². The molecular formula is C20H42B2N8OP2S2. The molecule has 4 aromatic rings. The second kappa shape index (κ2) is 22.9. The van der Waals surface area contributed by atoms with Gasteiger partial charge in [-0.1, -0.05) is 69.2 Å². The molecule has 9 nitrogen and oxygen atoms in total. The van der Waals surface area contributed by atoms with Gasteiger partial charge in [-0.05, 0) is 42.7 Å². The van der Waals surface area contributed by atoms with Gasteiger partial charge < -0.3 is 42.5 Å². The number of nitrogens with zero attached hydrogens (tertiary/aromatic N) is 1. The van der Waals surface area contributed by atoms with Crippen LogP contribution in [0.1, 0.15) is 30.5 Å². The van der Waals surface area contributed by atoms with Crippen LogP contribution in [0.2, 0.25) is 0 Å². The summed E-state index contributed by atoms with van der Waals surface area (Å²) < 4.78 is 0.579. The average Bonchev–Trinajstić information content (AvgIpc) is 3.47. The monoisotopic (exact) mass is 560 g/mol. The molecule has 2 atom stereocenters. The Hall–Kier alpha value is -1.58. The molecule has 0 spiro atoms. The number of aromatic nitrogens is 4. The SMILES string of the molecule is CC.CC.CO.NP.NP.[2HH].[2HH].[B]c1cc2[nH]c(=S)[nH]c2cc1N.[B]c1cc2[nH]c(SC)nc2cc1N. The van der Waals surface area contributed by atoms with E-state index in [1.54, 1.807) is 36.0 Å². The number of rotatable bonds is 1. The van der Waals surface area contributed by atoms with E-state index in [1.807, 2.05) is 52.7 Å². The van der Waals surface area contributed by atoms with Crippen molar-refractivity contribution in [2.75, 3.05) is 24.8 Å². The van der Waals surface area contributed by atoms with E-state index in [4.69, 9.17) is 44.5 Å². The van der Waals surface area contributed by atoms with Crippen molar-refractivity contribution in [2.45, 2.75) is 32.9 Å². The molecule has 0 amide bonds. The lowest BCUT2D eigenvalue weighted by molar-refractivity contribution is 0.399. The van der Waals surface area contributed by atoms with Crippen LogP contribution in [0.4, 0.5) is 11.4 Å². The largest absolute Gasteiger partial charge is 0.400 e. The fourth-order valence-electron chi connectivity index (χ4n) is 2.28. The lowest BCUT2D eigenvalue weighted by Crippen LogP contribution is -2.08. The molecule has 0 aliphatic heterocycles. The number of nitrogen functional groups attached to an aromatic ring is 2. The summed E-state index contributed by atoms with van der Waals surface area (Å²) in [5.41, 5.74) is 25.9. The van der Waals surface area contributed by atoms with Crippen LogP contribution in [0, 0.1) is 4.77 Å². The van der Waals surface area contributed by atoms with E-state index >= 15 is 0 Å². The number of aliphatic hydroxyl groups is 1. The highest BCUT2D eigenvalue weighted by molar-refractivity contribution is 7.98. The van der Waals surface area contributed by atoms with Gasteiger partial charge in [0.25, 0.3) is 0 Å². The number of aliphatic hydroxyl groups excluding tert-OH is 1. The van der Waals surface area contributed by atoms with Crippen molar-refractivity contribution in [1.29, 1.82) is 0 Å². The summed E-state index contributed by atoms with van der Waals surface area (Å²) in [5, 5.41) is 7.88. The number of hydrogen-bond donors (Lipinski definition) is 8. The van der Waals surface area contributed by atoms with Crippen molar-refractivity contribution in [3.8, 4) is 0 Å². The molecule has 35 heavy (non-hydrogen) atoms. The molecule has 2 heterocycles. The molecule has 0 aliphatic rings. The second-order valence-corrected chi connectivity index (χ2v) is 6.55. The smallest absolute Gasteiger partial charge is 0.175 e. The number of hydrogen-bond acceptors (Lipinski definition) is 8. The predicted octanol–water partition coefficient (Wildman–Crippen LogP) is 2.89. The number of aromatic amines is 3. The summed E-state index contributed by atoms with van der Waals surface area (Å²) in [6.45, 7) is 8.00. The Morgan fingerprint density at radius 2 is 1.23 bits per heavy atom. The van der Waals surface area contributed by atoms with Gasteiger partial charge in [-0.15, -0.1) is 0 Å². The van der Waals surface area contributed by atoms with Gasteiger partial charge in [-0.2, -0.15) is 0 Å². The summed E-state index contributed by atoms with van der Waals surface area (Å²) in [6, 6.07) is 7.10.